The molecule has 0 atom stereocenters. The number of aryl methyl sites for hydroxylation is 1. The largest absolute Gasteiger partial charge is 0.493 e. The Kier molecular flexibility index (Phi) is 3.42. The van der Waals surface area contributed by atoms with Crippen molar-refractivity contribution in [1.82, 2.24) is 4.57 Å². The molecule has 1 aliphatic rings. The molecule has 0 fully saturated rings. The van der Waals surface area contributed by atoms with E-state index in [-0.39, 0.29) is 12.5 Å². The topological polar surface area (TPSA) is 62.8 Å². The highest BCUT2D eigenvalue weighted by atomic mass is 16.7. The number of fused-ring (bicyclic) bond motifs is 2. The fourth-order valence-electron chi connectivity index (χ4n) is 2.61. The van der Waals surface area contributed by atoms with Crippen molar-refractivity contribution < 1.29 is 18.6 Å². The highest BCUT2D eigenvalue weighted by Crippen LogP contribution is 2.35. The Hall–Kier alpha value is -2.89. The first-order valence-electron chi connectivity index (χ1n) is 7.42. The smallest absolute Gasteiger partial charge is 0.419 e. The molecule has 0 spiro atoms. The predicted molar refractivity (Wildman–Crippen MR) is 83.2 cm³/mol. The van der Waals surface area contributed by atoms with E-state index in [1.165, 1.54) is 0 Å². The number of hydrogen-bond acceptors (Lipinski definition) is 5. The van der Waals surface area contributed by atoms with Gasteiger partial charge in [-0.25, -0.2) is 4.79 Å². The molecule has 0 N–H and O–H groups in total. The van der Waals surface area contributed by atoms with Gasteiger partial charge in [0.1, 0.15) is 5.75 Å². The van der Waals surface area contributed by atoms with E-state index in [0.717, 1.165) is 17.0 Å². The molecule has 1 aromatic heterocycles. The quantitative estimate of drug-likeness (QED) is 0.678. The van der Waals surface area contributed by atoms with Crippen LogP contribution in [0.2, 0.25) is 0 Å². The van der Waals surface area contributed by atoms with Gasteiger partial charge in [-0.2, -0.15) is 0 Å². The Morgan fingerprint density at radius 1 is 1.09 bits per heavy atom. The van der Waals surface area contributed by atoms with E-state index in [2.05, 4.69) is 0 Å². The van der Waals surface area contributed by atoms with Gasteiger partial charge in [0.15, 0.2) is 17.1 Å². The normalized spacial score (nSPS) is 12.7. The van der Waals surface area contributed by atoms with Crippen LogP contribution in [0.15, 0.2) is 51.7 Å². The van der Waals surface area contributed by atoms with E-state index in [9.17, 15) is 4.79 Å². The maximum absolute atomic E-state index is 11.9. The number of ether oxygens (including phenoxy) is 3. The SMILES string of the molecule is O=c1oc2ccccc2n1CCCOc1ccc2c(c1)OCO2. The molecule has 0 aliphatic carbocycles. The van der Waals surface area contributed by atoms with Crippen LogP contribution in [-0.4, -0.2) is 18.0 Å². The minimum Gasteiger partial charge on any atom is -0.493 e. The van der Waals surface area contributed by atoms with Gasteiger partial charge in [0, 0.05) is 12.6 Å². The maximum Gasteiger partial charge on any atom is 0.419 e. The van der Waals surface area contributed by atoms with Crippen LogP contribution >= 0.6 is 0 Å². The molecule has 2 heterocycles. The van der Waals surface area contributed by atoms with E-state index in [0.29, 0.717) is 30.9 Å². The second-order valence-electron chi connectivity index (χ2n) is 5.20. The summed E-state index contributed by atoms with van der Waals surface area (Å²) < 4.78 is 23.1. The Morgan fingerprint density at radius 2 is 1.96 bits per heavy atom. The molecule has 3 aromatic rings. The summed E-state index contributed by atoms with van der Waals surface area (Å²) in [5, 5.41) is 0. The van der Waals surface area contributed by atoms with Crippen molar-refractivity contribution in [2.45, 2.75) is 13.0 Å². The lowest BCUT2D eigenvalue weighted by Gasteiger charge is -2.07. The Morgan fingerprint density at radius 3 is 2.91 bits per heavy atom. The number of hydrogen-bond donors (Lipinski definition) is 0. The molecule has 118 valence electrons. The molecular weight excluding hydrogens is 298 g/mol. The van der Waals surface area contributed by atoms with Crippen LogP contribution in [0.3, 0.4) is 0 Å². The van der Waals surface area contributed by atoms with Gasteiger partial charge in [-0.1, -0.05) is 12.1 Å². The zero-order valence-electron chi connectivity index (χ0n) is 12.4. The number of nitrogens with zero attached hydrogens (tertiary/aromatic N) is 1. The summed E-state index contributed by atoms with van der Waals surface area (Å²) in [5.74, 6) is 1.81. The van der Waals surface area contributed by atoms with Crippen molar-refractivity contribution >= 4 is 11.1 Å². The first-order chi connectivity index (χ1) is 11.3. The van der Waals surface area contributed by atoms with Crippen LogP contribution < -0.4 is 20.0 Å². The van der Waals surface area contributed by atoms with Gasteiger partial charge >= 0.3 is 5.76 Å². The molecule has 0 radical (unpaired) electrons. The molecule has 0 saturated carbocycles. The monoisotopic (exact) mass is 313 g/mol. The summed E-state index contributed by atoms with van der Waals surface area (Å²) in [6, 6.07) is 12.9. The van der Waals surface area contributed by atoms with E-state index in [4.69, 9.17) is 18.6 Å². The standard InChI is InChI=1S/C17H15NO5/c19-17-18(13-4-1-2-5-14(13)23-17)8-3-9-20-12-6-7-15-16(10-12)22-11-21-15/h1-2,4-7,10H,3,8-9,11H2. The molecule has 4 rings (SSSR count). The van der Waals surface area contributed by atoms with Gasteiger partial charge in [0.25, 0.3) is 0 Å². The molecule has 2 aromatic carbocycles. The fourth-order valence-corrected chi connectivity index (χ4v) is 2.61. The van der Waals surface area contributed by atoms with Crippen LogP contribution in [0.1, 0.15) is 6.42 Å². The zero-order chi connectivity index (χ0) is 15.6. The molecule has 1 aliphatic heterocycles. The number of aromatic nitrogens is 1. The van der Waals surface area contributed by atoms with Crippen LogP contribution in [-0.2, 0) is 6.54 Å². The van der Waals surface area contributed by atoms with Crippen LogP contribution in [0, 0.1) is 0 Å². The van der Waals surface area contributed by atoms with Crippen molar-refractivity contribution in [1.29, 1.82) is 0 Å². The summed E-state index contributed by atoms with van der Waals surface area (Å²) >= 11 is 0. The molecule has 0 bridgehead atoms. The van der Waals surface area contributed by atoms with Gasteiger partial charge in [0.2, 0.25) is 6.79 Å². The second-order valence-corrected chi connectivity index (χ2v) is 5.20. The Balaban J connectivity index is 1.38. The summed E-state index contributed by atoms with van der Waals surface area (Å²) in [6.07, 6.45) is 0.692. The maximum atomic E-state index is 11.9. The first kappa shape index (κ1) is 13.8. The number of benzene rings is 2. The average molecular weight is 313 g/mol. The number of para-hydroxylation sites is 2. The summed E-state index contributed by atoms with van der Waals surface area (Å²) in [5.41, 5.74) is 1.41. The summed E-state index contributed by atoms with van der Waals surface area (Å²) in [7, 11) is 0. The molecule has 0 amide bonds. The molecule has 0 saturated heterocycles. The Labute approximate surface area is 131 Å². The van der Waals surface area contributed by atoms with Gasteiger partial charge in [-0.3, -0.25) is 4.57 Å². The fraction of sp³-hybridized carbons (Fsp3) is 0.235. The van der Waals surface area contributed by atoms with Crippen LogP contribution in [0.5, 0.6) is 17.2 Å². The van der Waals surface area contributed by atoms with E-state index >= 15 is 0 Å². The van der Waals surface area contributed by atoms with Gasteiger partial charge < -0.3 is 18.6 Å². The van der Waals surface area contributed by atoms with Gasteiger partial charge in [-0.15, -0.1) is 0 Å². The molecule has 6 nitrogen and oxygen atoms in total. The minimum absolute atomic E-state index is 0.245. The average Bonchev–Trinajstić information content (AvgIpc) is 3.15. The predicted octanol–water partition coefficient (Wildman–Crippen LogP) is 2.79. The first-order valence-corrected chi connectivity index (χ1v) is 7.42. The van der Waals surface area contributed by atoms with Crippen molar-refractivity contribution in [2.24, 2.45) is 0 Å². The third-order valence-corrected chi connectivity index (χ3v) is 3.71. The van der Waals surface area contributed by atoms with Gasteiger partial charge in [0.05, 0.1) is 12.1 Å². The van der Waals surface area contributed by atoms with Crippen molar-refractivity contribution in [3.05, 3.63) is 53.0 Å². The lowest BCUT2D eigenvalue weighted by molar-refractivity contribution is 0.173. The van der Waals surface area contributed by atoms with Crippen molar-refractivity contribution in [2.75, 3.05) is 13.4 Å². The Bertz CT molecular complexity index is 895. The van der Waals surface area contributed by atoms with Crippen molar-refractivity contribution in [3.8, 4) is 17.2 Å². The lowest BCUT2D eigenvalue weighted by atomic mass is 10.3. The highest BCUT2D eigenvalue weighted by molar-refractivity contribution is 5.72. The second kappa shape index (κ2) is 5.72. The summed E-state index contributed by atoms with van der Waals surface area (Å²) in [6.45, 7) is 1.28. The highest BCUT2D eigenvalue weighted by Gasteiger charge is 2.13. The van der Waals surface area contributed by atoms with Crippen LogP contribution in [0.25, 0.3) is 11.1 Å². The third kappa shape index (κ3) is 2.63. The molecule has 6 heteroatoms. The zero-order valence-corrected chi connectivity index (χ0v) is 12.4. The van der Waals surface area contributed by atoms with Crippen LogP contribution in [0.4, 0.5) is 0 Å². The van der Waals surface area contributed by atoms with Gasteiger partial charge in [-0.05, 0) is 30.7 Å². The third-order valence-electron chi connectivity index (χ3n) is 3.71. The molecule has 23 heavy (non-hydrogen) atoms. The van der Waals surface area contributed by atoms with E-state index in [1.54, 1.807) is 10.6 Å². The van der Waals surface area contributed by atoms with E-state index < -0.39 is 0 Å². The number of oxazole rings is 1. The summed E-state index contributed by atoms with van der Waals surface area (Å²) in [4.78, 5) is 11.9. The molecule has 0 unspecified atom stereocenters. The lowest BCUT2D eigenvalue weighted by Crippen LogP contribution is -2.15. The molecular formula is C17H15NO5. The number of rotatable bonds is 5. The minimum atomic E-state index is -0.339. The van der Waals surface area contributed by atoms with E-state index in [1.807, 2.05) is 36.4 Å². The van der Waals surface area contributed by atoms with Crippen molar-refractivity contribution in [3.63, 3.8) is 0 Å².